The van der Waals surface area contributed by atoms with Gasteiger partial charge in [0, 0.05) is 19.5 Å². The van der Waals surface area contributed by atoms with Crippen LogP contribution in [-0.2, 0) is 13.6 Å². The standard InChI is InChI=1S/C15H17N7O2/c1-15-5-16-3-8(15)10(15)12-19-9(24-20-12)4-22-7-18-13-11(14(22)23)21(2)6-17-13/h6-8,10,16H,3-5H2,1-2H3/t8-,10+,15-/m0/s1. The summed E-state index contributed by atoms with van der Waals surface area (Å²) in [4.78, 5) is 25.3. The average molecular weight is 327 g/mol. The van der Waals surface area contributed by atoms with Crippen LogP contribution in [0.15, 0.2) is 22.0 Å². The van der Waals surface area contributed by atoms with Crippen LogP contribution in [0, 0.1) is 11.3 Å². The Hall–Kier alpha value is -2.55. The maximum absolute atomic E-state index is 12.5. The predicted molar refractivity (Wildman–Crippen MR) is 83.4 cm³/mol. The first-order valence-corrected chi connectivity index (χ1v) is 7.97. The van der Waals surface area contributed by atoms with E-state index in [1.165, 1.54) is 10.9 Å². The minimum atomic E-state index is -0.167. The lowest BCUT2D eigenvalue weighted by Crippen LogP contribution is -2.22. The molecule has 1 saturated carbocycles. The molecule has 0 bridgehead atoms. The third-order valence-corrected chi connectivity index (χ3v) is 5.49. The van der Waals surface area contributed by atoms with Gasteiger partial charge in [0.25, 0.3) is 5.56 Å². The van der Waals surface area contributed by atoms with Crippen molar-refractivity contribution in [3.05, 3.63) is 34.7 Å². The molecule has 3 atom stereocenters. The number of imidazole rings is 1. The van der Waals surface area contributed by atoms with E-state index >= 15 is 0 Å². The van der Waals surface area contributed by atoms with Crippen LogP contribution in [0.5, 0.6) is 0 Å². The Morgan fingerprint density at radius 1 is 1.42 bits per heavy atom. The van der Waals surface area contributed by atoms with Gasteiger partial charge in [0.1, 0.15) is 12.9 Å². The van der Waals surface area contributed by atoms with Crippen molar-refractivity contribution < 1.29 is 4.52 Å². The van der Waals surface area contributed by atoms with E-state index in [0.717, 1.165) is 18.9 Å². The molecule has 1 saturated heterocycles. The maximum Gasteiger partial charge on any atom is 0.280 e. The van der Waals surface area contributed by atoms with Crippen molar-refractivity contribution in [2.45, 2.75) is 19.4 Å². The summed E-state index contributed by atoms with van der Waals surface area (Å²) in [6.45, 7) is 4.47. The van der Waals surface area contributed by atoms with Gasteiger partial charge < -0.3 is 14.4 Å². The fraction of sp³-hybridized carbons (Fsp3) is 0.533. The lowest BCUT2D eigenvalue weighted by Gasteiger charge is -2.05. The Kier molecular flexibility index (Phi) is 2.60. The molecule has 0 spiro atoms. The van der Waals surface area contributed by atoms with Crippen LogP contribution in [0.4, 0.5) is 0 Å². The van der Waals surface area contributed by atoms with Crippen LogP contribution in [-0.4, -0.2) is 42.3 Å². The summed E-state index contributed by atoms with van der Waals surface area (Å²) in [6, 6.07) is 0. The normalized spacial score (nSPS) is 28.4. The fourth-order valence-corrected chi connectivity index (χ4v) is 4.01. The van der Waals surface area contributed by atoms with Crippen LogP contribution < -0.4 is 10.9 Å². The van der Waals surface area contributed by atoms with E-state index in [4.69, 9.17) is 4.52 Å². The van der Waals surface area contributed by atoms with E-state index in [-0.39, 0.29) is 17.5 Å². The van der Waals surface area contributed by atoms with E-state index < -0.39 is 0 Å². The van der Waals surface area contributed by atoms with Gasteiger partial charge in [-0.2, -0.15) is 4.98 Å². The van der Waals surface area contributed by atoms with Crippen molar-refractivity contribution in [2.24, 2.45) is 18.4 Å². The van der Waals surface area contributed by atoms with E-state index in [1.807, 2.05) is 0 Å². The van der Waals surface area contributed by atoms with Gasteiger partial charge in [-0.25, -0.2) is 9.97 Å². The zero-order valence-corrected chi connectivity index (χ0v) is 13.4. The zero-order valence-electron chi connectivity index (χ0n) is 13.4. The van der Waals surface area contributed by atoms with E-state index in [1.54, 1.807) is 17.9 Å². The van der Waals surface area contributed by atoms with Crippen LogP contribution in [0.3, 0.4) is 0 Å². The first-order chi connectivity index (χ1) is 11.6. The number of fused-ring (bicyclic) bond motifs is 2. The smallest absolute Gasteiger partial charge is 0.280 e. The average Bonchev–Trinajstić information content (AvgIpc) is 3.03. The molecular formula is C15H17N7O2. The summed E-state index contributed by atoms with van der Waals surface area (Å²) >= 11 is 0. The van der Waals surface area contributed by atoms with E-state index in [0.29, 0.717) is 28.9 Å². The Morgan fingerprint density at radius 3 is 3.04 bits per heavy atom. The van der Waals surface area contributed by atoms with E-state index in [2.05, 4.69) is 32.3 Å². The third-order valence-electron chi connectivity index (χ3n) is 5.49. The second kappa shape index (κ2) is 4.50. The molecule has 124 valence electrons. The van der Waals surface area contributed by atoms with Crippen molar-refractivity contribution in [3.8, 4) is 0 Å². The SMILES string of the molecule is Cn1cnc2ncn(Cc3nc([C@H]4[C@@H]5CNC[C@@]54C)no3)c(=O)c21. The van der Waals surface area contributed by atoms with Gasteiger partial charge in [0.2, 0.25) is 5.89 Å². The van der Waals surface area contributed by atoms with Crippen molar-refractivity contribution in [1.82, 2.24) is 34.6 Å². The summed E-state index contributed by atoms with van der Waals surface area (Å²) in [5.74, 6) is 2.11. The summed E-state index contributed by atoms with van der Waals surface area (Å²) in [6.07, 6.45) is 3.05. The van der Waals surface area contributed by atoms with Gasteiger partial charge in [0.15, 0.2) is 17.0 Å². The van der Waals surface area contributed by atoms with Gasteiger partial charge in [-0.3, -0.25) is 9.36 Å². The molecule has 0 unspecified atom stereocenters. The highest BCUT2D eigenvalue weighted by atomic mass is 16.5. The molecule has 0 amide bonds. The minimum absolute atomic E-state index is 0.167. The number of hydrogen-bond acceptors (Lipinski definition) is 7. The monoisotopic (exact) mass is 327 g/mol. The second-order valence-corrected chi connectivity index (χ2v) is 6.97. The first kappa shape index (κ1) is 13.8. The lowest BCUT2D eigenvalue weighted by molar-refractivity contribution is 0.362. The van der Waals surface area contributed by atoms with Gasteiger partial charge >= 0.3 is 0 Å². The van der Waals surface area contributed by atoms with Gasteiger partial charge in [-0.05, 0) is 17.9 Å². The highest BCUT2D eigenvalue weighted by molar-refractivity contribution is 5.68. The molecule has 2 aliphatic rings. The molecule has 3 aromatic rings. The van der Waals surface area contributed by atoms with Gasteiger partial charge in [-0.1, -0.05) is 12.1 Å². The van der Waals surface area contributed by atoms with Crippen LogP contribution in [0.25, 0.3) is 11.2 Å². The topological polar surface area (TPSA) is 104 Å². The molecule has 9 heteroatoms. The van der Waals surface area contributed by atoms with Crippen molar-refractivity contribution in [2.75, 3.05) is 13.1 Å². The third kappa shape index (κ3) is 1.75. The number of aromatic nitrogens is 6. The van der Waals surface area contributed by atoms with Crippen LogP contribution >= 0.6 is 0 Å². The summed E-state index contributed by atoms with van der Waals surface area (Å²) < 4.78 is 8.50. The first-order valence-electron chi connectivity index (χ1n) is 7.97. The predicted octanol–water partition coefficient (Wildman–Crippen LogP) is -0.116. The Balaban J connectivity index is 1.44. The molecule has 5 rings (SSSR count). The number of rotatable bonds is 3. The molecule has 9 nitrogen and oxygen atoms in total. The van der Waals surface area contributed by atoms with Crippen molar-refractivity contribution in [3.63, 3.8) is 0 Å². The Bertz CT molecular complexity index is 1000. The molecule has 1 N–H and O–H groups in total. The second-order valence-electron chi connectivity index (χ2n) is 6.97. The molecule has 1 aliphatic heterocycles. The van der Waals surface area contributed by atoms with E-state index in [9.17, 15) is 4.79 Å². The molecule has 0 radical (unpaired) electrons. The lowest BCUT2D eigenvalue weighted by atomic mass is 10.1. The number of piperidine rings is 1. The number of nitrogens with one attached hydrogen (secondary N) is 1. The van der Waals surface area contributed by atoms with Crippen LogP contribution in [0.1, 0.15) is 24.6 Å². The molecule has 2 fully saturated rings. The van der Waals surface area contributed by atoms with Gasteiger partial charge in [-0.15, -0.1) is 0 Å². The van der Waals surface area contributed by atoms with Crippen molar-refractivity contribution in [1.29, 1.82) is 0 Å². The summed E-state index contributed by atoms with van der Waals surface area (Å²) in [5.41, 5.74) is 0.982. The molecule has 0 aromatic carbocycles. The molecule has 4 heterocycles. The zero-order chi connectivity index (χ0) is 16.5. The quantitative estimate of drug-likeness (QED) is 0.715. The van der Waals surface area contributed by atoms with Gasteiger partial charge in [0.05, 0.1) is 6.33 Å². The highest BCUT2D eigenvalue weighted by Crippen LogP contribution is 2.65. The molecular weight excluding hydrogens is 310 g/mol. The number of nitrogens with zero attached hydrogens (tertiary/aromatic N) is 6. The number of aryl methyl sites for hydroxylation is 1. The minimum Gasteiger partial charge on any atom is -0.337 e. The largest absolute Gasteiger partial charge is 0.337 e. The summed E-state index contributed by atoms with van der Waals surface area (Å²) in [5, 5.41) is 7.52. The fourth-order valence-electron chi connectivity index (χ4n) is 4.01. The van der Waals surface area contributed by atoms with Crippen LogP contribution in [0.2, 0.25) is 0 Å². The van der Waals surface area contributed by atoms with Crippen molar-refractivity contribution >= 4 is 11.2 Å². The maximum atomic E-state index is 12.5. The molecule has 1 aliphatic carbocycles. The molecule has 24 heavy (non-hydrogen) atoms. The Labute approximate surface area is 136 Å². The highest BCUT2D eigenvalue weighted by Gasteiger charge is 2.66. The Morgan fingerprint density at radius 2 is 2.25 bits per heavy atom. The molecule has 3 aromatic heterocycles. The summed E-state index contributed by atoms with van der Waals surface area (Å²) in [7, 11) is 1.77. The number of hydrogen-bond donors (Lipinski definition) is 1.